The van der Waals surface area contributed by atoms with E-state index >= 15 is 0 Å². The van der Waals surface area contributed by atoms with E-state index in [1.165, 1.54) is 49.0 Å². The van der Waals surface area contributed by atoms with Crippen LogP contribution in [0.5, 0.6) is 0 Å². The first-order chi connectivity index (χ1) is 13.3. The molecule has 1 aromatic carbocycles. The molecular weight excluding hydrogens is 352 g/mol. The molecule has 2 heterocycles. The minimum absolute atomic E-state index is 0.175. The number of thiophene rings is 1. The summed E-state index contributed by atoms with van der Waals surface area (Å²) in [6.45, 7) is 3.00. The lowest BCUT2D eigenvalue weighted by Crippen LogP contribution is -2.24. The van der Waals surface area contributed by atoms with Gasteiger partial charge in [-0.05, 0) is 37.7 Å². The van der Waals surface area contributed by atoms with Crippen LogP contribution in [0.25, 0.3) is 21.6 Å². The Labute approximate surface area is 165 Å². The zero-order valence-corrected chi connectivity index (χ0v) is 17.0. The molecule has 4 heteroatoms. The fourth-order valence-corrected chi connectivity index (χ4v) is 5.38. The van der Waals surface area contributed by atoms with Crippen molar-refractivity contribution < 1.29 is 0 Å². The van der Waals surface area contributed by atoms with Gasteiger partial charge in [-0.25, -0.2) is 4.98 Å². The number of unbranched alkanes of at least 4 members (excludes halogenated alkanes) is 4. The molecule has 0 N–H and O–H groups in total. The number of hydrogen-bond acceptors (Lipinski definition) is 3. The quantitative estimate of drug-likeness (QED) is 0.473. The Hall–Kier alpha value is -1.94. The predicted molar refractivity (Wildman–Crippen MR) is 115 cm³/mol. The summed E-state index contributed by atoms with van der Waals surface area (Å²) in [5.74, 6) is 0.835. The summed E-state index contributed by atoms with van der Waals surface area (Å²) in [5, 5.41) is 0.905. The van der Waals surface area contributed by atoms with Crippen LogP contribution in [-0.2, 0) is 19.4 Å². The van der Waals surface area contributed by atoms with Crippen LogP contribution in [0.1, 0.15) is 62.3 Å². The van der Waals surface area contributed by atoms with E-state index in [9.17, 15) is 4.79 Å². The molecule has 0 bridgehead atoms. The highest BCUT2D eigenvalue weighted by atomic mass is 32.1. The maximum absolute atomic E-state index is 13.5. The smallest absolute Gasteiger partial charge is 0.262 e. The molecule has 0 amide bonds. The van der Waals surface area contributed by atoms with Gasteiger partial charge in [0.15, 0.2) is 0 Å². The molecule has 0 spiro atoms. The third kappa shape index (κ3) is 3.73. The van der Waals surface area contributed by atoms with Crippen LogP contribution in [0, 0.1) is 0 Å². The molecule has 0 aliphatic heterocycles. The maximum Gasteiger partial charge on any atom is 0.262 e. The van der Waals surface area contributed by atoms with Crippen LogP contribution in [0.2, 0.25) is 0 Å². The topological polar surface area (TPSA) is 34.9 Å². The molecule has 1 aliphatic rings. The van der Waals surface area contributed by atoms with Gasteiger partial charge in [0.05, 0.1) is 5.39 Å². The first kappa shape index (κ1) is 18.4. The Morgan fingerprint density at radius 1 is 1.04 bits per heavy atom. The highest BCUT2D eigenvalue weighted by Crippen LogP contribution is 2.34. The normalized spacial score (nSPS) is 13.8. The van der Waals surface area contributed by atoms with Gasteiger partial charge in [0.25, 0.3) is 5.56 Å². The second-order valence-corrected chi connectivity index (χ2v) is 8.65. The van der Waals surface area contributed by atoms with Crippen LogP contribution in [0.4, 0.5) is 0 Å². The van der Waals surface area contributed by atoms with Crippen molar-refractivity contribution in [2.45, 2.75) is 71.3 Å². The summed E-state index contributed by atoms with van der Waals surface area (Å²) in [5.41, 5.74) is 2.50. The van der Waals surface area contributed by atoms with Crippen LogP contribution >= 0.6 is 11.3 Å². The number of hydrogen-bond donors (Lipinski definition) is 0. The zero-order valence-electron chi connectivity index (χ0n) is 16.2. The number of fused-ring (bicyclic) bond motifs is 3. The van der Waals surface area contributed by atoms with Gasteiger partial charge in [0.1, 0.15) is 10.7 Å². The van der Waals surface area contributed by atoms with Crippen molar-refractivity contribution >= 4 is 21.6 Å². The molecule has 3 nitrogen and oxygen atoms in total. The van der Waals surface area contributed by atoms with E-state index in [1.54, 1.807) is 11.3 Å². The minimum Gasteiger partial charge on any atom is -0.292 e. The summed E-state index contributed by atoms with van der Waals surface area (Å²) in [6, 6.07) is 10.2. The van der Waals surface area contributed by atoms with E-state index in [1.807, 2.05) is 22.8 Å². The van der Waals surface area contributed by atoms with Crippen molar-refractivity contribution in [2.24, 2.45) is 0 Å². The van der Waals surface area contributed by atoms with E-state index in [0.29, 0.717) is 0 Å². The Morgan fingerprint density at radius 3 is 2.63 bits per heavy atom. The average molecular weight is 381 g/mol. The second kappa shape index (κ2) is 8.39. The molecule has 142 valence electrons. The molecule has 27 heavy (non-hydrogen) atoms. The van der Waals surface area contributed by atoms with E-state index in [0.717, 1.165) is 47.4 Å². The Balaban J connectivity index is 1.79. The first-order valence-electron chi connectivity index (χ1n) is 10.4. The molecule has 2 aromatic heterocycles. The number of nitrogens with zero attached hydrogens (tertiary/aromatic N) is 2. The standard InChI is InChI=1S/C23H28N2OS/c1-2-3-4-5-11-16-25-21(17-12-7-6-8-13-17)24-22-20(23(25)26)18-14-9-10-15-19(18)27-22/h6-8,12-13H,2-5,9-11,14-16H2,1H3. The van der Waals surface area contributed by atoms with Crippen molar-refractivity contribution in [2.75, 3.05) is 0 Å². The molecule has 0 saturated carbocycles. The van der Waals surface area contributed by atoms with Crippen molar-refractivity contribution in [3.63, 3.8) is 0 Å². The third-order valence-corrected chi connectivity index (χ3v) is 6.78. The molecule has 1 aliphatic carbocycles. The average Bonchev–Trinajstić information content (AvgIpc) is 3.08. The molecule has 0 saturated heterocycles. The Morgan fingerprint density at radius 2 is 1.81 bits per heavy atom. The van der Waals surface area contributed by atoms with Gasteiger partial charge >= 0.3 is 0 Å². The fraction of sp³-hybridized carbons (Fsp3) is 0.478. The number of aromatic nitrogens is 2. The van der Waals surface area contributed by atoms with Gasteiger partial charge in [0, 0.05) is 17.0 Å². The summed E-state index contributed by atoms with van der Waals surface area (Å²) in [6.07, 6.45) is 10.5. The first-order valence-corrected chi connectivity index (χ1v) is 11.2. The molecule has 3 aromatic rings. The van der Waals surface area contributed by atoms with Crippen molar-refractivity contribution in [1.82, 2.24) is 9.55 Å². The maximum atomic E-state index is 13.5. The Kier molecular flexibility index (Phi) is 5.72. The van der Waals surface area contributed by atoms with Gasteiger partial charge < -0.3 is 0 Å². The van der Waals surface area contributed by atoms with Crippen LogP contribution in [0.15, 0.2) is 35.1 Å². The SMILES string of the molecule is CCCCCCCn1c(-c2ccccc2)nc2sc3c(c2c1=O)CCCC3. The van der Waals surface area contributed by atoms with Crippen LogP contribution < -0.4 is 5.56 Å². The van der Waals surface area contributed by atoms with Gasteiger partial charge in [-0.2, -0.15) is 0 Å². The van der Waals surface area contributed by atoms with Crippen molar-refractivity contribution in [3.05, 3.63) is 51.1 Å². The summed E-state index contributed by atoms with van der Waals surface area (Å²) in [4.78, 5) is 20.8. The lowest BCUT2D eigenvalue weighted by molar-refractivity contribution is 0.560. The minimum atomic E-state index is 0.175. The molecule has 0 fully saturated rings. The highest BCUT2D eigenvalue weighted by Gasteiger charge is 2.22. The van der Waals surface area contributed by atoms with E-state index < -0.39 is 0 Å². The number of benzene rings is 1. The number of rotatable bonds is 7. The lowest BCUT2D eigenvalue weighted by atomic mass is 9.97. The predicted octanol–water partition coefficient (Wildman–Crippen LogP) is 5.97. The third-order valence-electron chi connectivity index (χ3n) is 5.59. The van der Waals surface area contributed by atoms with Gasteiger partial charge in [0.2, 0.25) is 0 Å². The van der Waals surface area contributed by atoms with Crippen LogP contribution in [0.3, 0.4) is 0 Å². The summed E-state index contributed by atoms with van der Waals surface area (Å²) < 4.78 is 1.95. The fourth-order valence-electron chi connectivity index (χ4n) is 4.13. The largest absolute Gasteiger partial charge is 0.292 e. The molecule has 0 atom stereocenters. The van der Waals surface area contributed by atoms with Crippen LogP contribution in [-0.4, -0.2) is 9.55 Å². The highest BCUT2D eigenvalue weighted by molar-refractivity contribution is 7.18. The molecule has 4 rings (SSSR count). The zero-order chi connectivity index (χ0) is 18.6. The lowest BCUT2D eigenvalue weighted by Gasteiger charge is -2.14. The van der Waals surface area contributed by atoms with Crippen molar-refractivity contribution in [3.8, 4) is 11.4 Å². The van der Waals surface area contributed by atoms with Crippen molar-refractivity contribution in [1.29, 1.82) is 0 Å². The summed E-state index contributed by atoms with van der Waals surface area (Å²) >= 11 is 1.74. The summed E-state index contributed by atoms with van der Waals surface area (Å²) in [7, 11) is 0. The molecular formula is C23H28N2OS. The molecule has 0 radical (unpaired) electrons. The van der Waals surface area contributed by atoms with Gasteiger partial charge in [-0.1, -0.05) is 62.9 Å². The monoisotopic (exact) mass is 380 g/mol. The van der Waals surface area contributed by atoms with Gasteiger partial charge in [-0.15, -0.1) is 11.3 Å². The second-order valence-electron chi connectivity index (χ2n) is 7.56. The van der Waals surface area contributed by atoms with Gasteiger partial charge in [-0.3, -0.25) is 9.36 Å². The number of aryl methyl sites for hydroxylation is 2. The van der Waals surface area contributed by atoms with E-state index in [2.05, 4.69) is 19.1 Å². The molecule has 0 unspecified atom stereocenters. The van der Waals surface area contributed by atoms with E-state index in [-0.39, 0.29) is 5.56 Å². The van der Waals surface area contributed by atoms with E-state index in [4.69, 9.17) is 4.98 Å². The Bertz CT molecular complexity index is 971.